The lowest BCUT2D eigenvalue weighted by Gasteiger charge is -2.30. The first-order chi connectivity index (χ1) is 15.0. The van der Waals surface area contributed by atoms with Crippen LogP contribution in [0.1, 0.15) is 44.1 Å². The van der Waals surface area contributed by atoms with Crippen LogP contribution in [0.25, 0.3) is 0 Å². The predicted octanol–water partition coefficient (Wildman–Crippen LogP) is 4.23. The Morgan fingerprint density at radius 2 is 1.97 bits per heavy atom. The number of rotatable bonds is 10. The Morgan fingerprint density at radius 1 is 1.16 bits per heavy atom. The number of unbranched alkanes of at least 4 members (excludes halogenated alkanes) is 1. The van der Waals surface area contributed by atoms with Gasteiger partial charge in [-0.25, -0.2) is 4.79 Å². The number of urea groups is 1. The van der Waals surface area contributed by atoms with Crippen LogP contribution in [0, 0.1) is 0 Å². The van der Waals surface area contributed by atoms with Crippen LogP contribution in [0.5, 0.6) is 11.5 Å². The first-order valence-corrected chi connectivity index (χ1v) is 11.6. The zero-order valence-corrected chi connectivity index (χ0v) is 19.2. The summed E-state index contributed by atoms with van der Waals surface area (Å²) in [5.41, 5.74) is 0.956. The summed E-state index contributed by atoms with van der Waals surface area (Å²) in [5.74, 6) is 1.32. The van der Waals surface area contributed by atoms with Crippen LogP contribution in [0.2, 0.25) is 0 Å². The topological polar surface area (TPSA) is 71.1 Å². The van der Waals surface area contributed by atoms with E-state index in [-0.39, 0.29) is 31.3 Å². The Hall–Kier alpha value is -2.74. The normalized spacial score (nSPS) is 12.1. The number of ether oxygens (including phenoxy) is 2. The van der Waals surface area contributed by atoms with E-state index in [1.165, 1.54) is 0 Å². The summed E-state index contributed by atoms with van der Waals surface area (Å²) in [4.78, 5) is 30.4. The minimum absolute atomic E-state index is 0.0333. The van der Waals surface area contributed by atoms with E-state index in [1.807, 2.05) is 49.6 Å². The molecule has 1 aromatic heterocycles. The van der Waals surface area contributed by atoms with E-state index in [0.717, 1.165) is 29.0 Å². The van der Waals surface area contributed by atoms with Gasteiger partial charge in [0.1, 0.15) is 6.54 Å². The lowest BCUT2D eigenvalue weighted by molar-refractivity contribution is -0.133. The van der Waals surface area contributed by atoms with Crippen molar-refractivity contribution in [3.63, 3.8) is 0 Å². The van der Waals surface area contributed by atoms with Crippen LogP contribution in [-0.4, -0.2) is 47.7 Å². The number of nitrogens with one attached hydrogen (secondary N) is 1. The zero-order valence-electron chi connectivity index (χ0n) is 18.4. The van der Waals surface area contributed by atoms with E-state index in [0.29, 0.717) is 25.4 Å². The van der Waals surface area contributed by atoms with Crippen molar-refractivity contribution in [2.45, 2.75) is 52.7 Å². The monoisotopic (exact) mass is 445 g/mol. The molecule has 7 nitrogen and oxygen atoms in total. The largest absolute Gasteiger partial charge is 0.454 e. The first kappa shape index (κ1) is 22.9. The van der Waals surface area contributed by atoms with Gasteiger partial charge in [-0.05, 0) is 49.4 Å². The maximum atomic E-state index is 13.3. The number of benzene rings is 1. The van der Waals surface area contributed by atoms with Gasteiger partial charge in [-0.3, -0.25) is 4.79 Å². The molecule has 0 aliphatic carbocycles. The van der Waals surface area contributed by atoms with E-state index in [9.17, 15) is 9.59 Å². The fourth-order valence-electron chi connectivity index (χ4n) is 3.29. The molecule has 3 amide bonds. The number of hydrogen-bond donors (Lipinski definition) is 1. The highest BCUT2D eigenvalue weighted by molar-refractivity contribution is 7.09. The molecule has 0 spiro atoms. The SMILES string of the molecule is CCCCNC(=O)N(CC(=O)N(Cc1ccc2c(c1)OCO2)Cc1cccs1)C(C)C. The van der Waals surface area contributed by atoms with Gasteiger partial charge in [0.05, 0.1) is 6.54 Å². The van der Waals surface area contributed by atoms with Crippen LogP contribution in [0.15, 0.2) is 35.7 Å². The molecule has 168 valence electrons. The second-order valence-electron chi connectivity index (χ2n) is 7.82. The summed E-state index contributed by atoms with van der Waals surface area (Å²) in [6.07, 6.45) is 1.92. The minimum Gasteiger partial charge on any atom is -0.454 e. The third-order valence-electron chi connectivity index (χ3n) is 5.09. The Labute approximate surface area is 187 Å². The molecule has 0 fully saturated rings. The van der Waals surface area contributed by atoms with E-state index >= 15 is 0 Å². The van der Waals surface area contributed by atoms with Gasteiger partial charge in [0, 0.05) is 24.0 Å². The molecule has 0 bridgehead atoms. The molecule has 0 atom stereocenters. The lowest BCUT2D eigenvalue weighted by Crippen LogP contribution is -2.49. The van der Waals surface area contributed by atoms with Crippen LogP contribution in [0.3, 0.4) is 0 Å². The van der Waals surface area contributed by atoms with Crippen LogP contribution < -0.4 is 14.8 Å². The smallest absolute Gasteiger partial charge is 0.318 e. The van der Waals surface area contributed by atoms with Crippen LogP contribution >= 0.6 is 11.3 Å². The highest BCUT2D eigenvalue weighted by Crippen LogP contribution is 2.33. The summed E-state index contributed by atoms with van der Waals surface area (Å²) in [7, 11) is 0. The Bertz CT molecular complexity index is 870. The van der Waals surface area contributed by atoms with Crippen LogP contribution in [0.4, 0.5) is 4.79 Å². The van der Waals surface area contributed by atoms with Crippen LogP contribution in [-0.2, 0) is 17.9 Å². The maximum absolute atomic E-state index is 13.3. The van der Waals surface area contributed by atoms with E-state index in [1.54, 1.807) is 21.1 Å². The highest BCUT2D eigenvalue weighted by atomic mass is 32.1. The van der Waals surface area contributed by atoms with Gasteiger partial charge in [0.15, 0.2) is 11.5 Å². The van der Waals surface area contributed by atoms with Crippen molar-refractivity contribution in [3.05, 3.63) is 46.2 Å². The molecular formula is C23H31N3O4S. The van der Waals surface area contributed by atoms with E-state index in [2.05, 4.69) is 12.2 Å². The number of amides is 3. The molecule has 1 N–H and O–H groups in total. The summed E-state index contributed by atoms with van der Waals surface area (Å²) in [5, 5.41) is 4.92. The number of hydrogen-bond acceptors (Lipinski definition) is 5. The van der Waals surface area contributed by atoms with E-state index in [4.69, 9.17) is 9.47 Å². The quantitative estimate of drug-likeness (QED) is 0.556. The maximum Gasteiger partial charge on any atom is 0.318 e. The molecule has 1 aliphatic rings. The Balaban J connectivity index is 1.72. The fourth-order valence-corrected chi connectivity index (χ4v) is 4.01. The number of nitrogens with zero attached hydrogens (tertiary/aromatic N) is 2. The third kappa shape index (κ3) is 6.37. The van der Waals surface area contributed by atoms with Crippen molar-refractivity contribution in [2.24, 2.45) is 0 Å². The summed E-state index contributed by atoms with van der Waals surface area (Å²) in [6.45, 7) is 7.71. The Morgan fingerprint density at radius 3 is 2.68 bits per heavy atom. The third-order valence-corrected chi connectivity index (χ3v) is 5.95. The molecule has 2 aromatic rings. The summed E-state index contributed by atoms with van der Waals surface area (Å²) < 4.78 is 10.9. The van der Waals surface area contributed by atoms with Gasteiger partial charge in [0.2, 0.25) is 12.7 Å². The van der Waals surface area contributed by atoms with Crippen molar-refractivity contribution in [3.8, 4) is 11.5 Å². The molecule has 0 radical (unpaired) electrons. The second-order valence-corrected chi connectivity index (χ2v) is 8.86. The van der Waals surface area contributed by atoms with Gasteiger partial charge < -0.3 is 24.6 Å². The van der Waals surface area contributed by atoms with Crippen molar-refractivity contribution in [1.29, 1.82) is 0 Å². The van der Waals surface area contributed by atoms with Gasteiger partial charge in [0.25, 0.3) is 0 Å². The minimum atomic E-state index is -0.198. The number of carbonyl (C=O) groups is 2. The lowest BCUT2D eigenvalue weighted by atomic mass is 10.2. The number of thiophene rings is 1. The average molecular weight is 446 g/mol. The first-order valence-electron chi connectivity index (χ1n) is 10.7. The molecule has 0 unspecified atom stereocenters. The van der Waals surface area contributed by atoms with Gasteiger partial charge in [-0.15, -0.1) is 11.3 Å². The second kappa shape index (κ2) is 11.0. The van der Waals surface area contributed by atoms with E-state index < -0.39 is 0 Å². The molecule has 1 aromatic carbocycles. The molecule has 2 heterocycles. The van der Waals surface area contributed by atoms with Crippen molar-refractivity contribution < 1.29 is 19.1 Å². The molecule has 31 heavy (non-hydrogen) atoms. The number of carbonyl (C=O) groups excluding carboxylic acids is 2. The zero-order chi connectivity index (χ0) is 22.2. The molecule has 3 rings (SSSR count). The van der Waals surface area contributed by atoms with Crippen molar-refractivity contribution in [2.75, 3.05) is 19.9 Å². The predicted molar refractivity (Wildman–Crippen MR) is 121 cm³/mol. The standard InChI is InChI=1S/C23H31N3O4S/c1-4-5-10-24-23(28)26(17(2)3)15-22(27)25(14-19-7-6-11-31-19)13-18-8-9-20-21(12-18)30-16-29-20/h6-9,11-12,17H,4-5,10,13-16H2,1-3H3,(H,24,28). The van der Waals surface area contributed by atoms with Crippen molar-refractivity contribution >= 4 is 23.3 Å². The number of fused-ring (bicyclic) bond motifs is 1. The molecular weight excluding hydrogens is 414 g/mol. The highest BCUT2D eigenvalue weighted by Gasteiger charge is 2.24. The Kier molecular flexibility index (Phi) is 8.17. The molecule has 8 heteroatoms. The molecule has 0 saturated carbocycles. The average Bonchev–Trinajstić information content (AvgIpc) is 3.42. The van der Waals surface area contributed by atoms with Gasteiger partial charge >= 0.3 is 6.03 Å². The fraction of sp³-hybridized carbons (Fsp3) is 0.478. The van der Waals surface area contributed by atoms with Gasteiger partial charge in [-0.1, -0.05) is 25.5 Å². The summed E-state index contributed by atoms with van der Waals surface area (Å²) in [6, 6.07) is 9.44. The van der Waals surface area contributed by atoms with Gasteiger partial charge in [-0.2, -0.15) is 0 Å². The molecule has 1 aliphatic heterocycles. The summed E-state index contributed by atoms with van der Waals surface area (Å²) >= 11 is 1.61. The molecule has 0 saturated heterocycles. The van der Waals surface area contributed by atoms with Crippen molar-refractivity contribution in [1.82, 2.24) is 15.1 Å².